The Hall–Kier alpha value is -1.22. The van der Waals surface area contributed by atoms with Crippen LogP contribution in [0.5, 0.6) is 11.5 Å². The van der Waals surface area contributed by atoms with Gasteiger partial charge < -0.3 is 15.2 Å². The highest BCUT2D eigenvalue weighted by Gasteiger charge is 2.09. The molecular formula is C15H25NO2. The van der Waals surface area contributed by atoms with E-state index >= 15 is 0 Å². The van der Waals surface area contributed by atoms with Crippen LogP contribution in [0.3, 0.4) is 0 Å². The van der Waals surface area contributed by atoms with Crippen LogP contribution in [0, 0.1) is 0 Å². The van der Waals surface area contributed by atoms with E-state index in [-0.39, 0.29) is 6.04 Å². The van der Waals surface area contributed by atoms with Crippen LogP contribution in [0.2, 0.25) is 0 Å². The zero-order chi connectivity index (χ0) is 13.4. The molecule has 1 unspecified atom stereocenters. The third-order valence-electron chi connectivity index (χ3n) is 3.04. The molecule has 0 saturated carbocycles. The molecule has 1 atom stereocenters. The average molecular weight is 251 g/mol. The summed E-state index contributed by atoms with van der Waals surface area (Å²) >= 11 is 0. The van der Waals surface area contributed by atoms with Crippen LogP contribution >= 0.6 is 0 Å². The van der Waals surface area contributed by atoms with Crippen LogP contribution in [-0.4, -0.2) is 19.8 Å². The van der Waals surface area contributed by atoms with Gasteiger partial charge in [-0.3, -0.25) is 0 Å². The molecule has 0 radical (unpaired) electrons. The number of hydrogen-bond donors (Lipinski definition) is 1. The van der Waals surface area contributed by atoms with Crippen molar-refractivity contribution in [3.63, 3.8) is 0 Å². The van der Waals surface area contributed by atoms with Gasteiger partial charge in [0.15, 0.2) is 0 Å². The summed E-state index contributed by atoms with van der Waals surface area (Å²) in [4.78, 5) is 0. The van der Waals surface area contributed by atoms with Crippen LogP contribution < -0.4 is 15.2 Å². The fraction of sp³-hybridized carbons (Fsp3) is 0.600. The molecular weight excluding hydrogens is 226 g/mol. The summed E-state index contributed by atoms with van der Waals surface area (Å²) < 4.78 is 11.1. The van der Waals surface area contributed by atoms with E-state index in [4.69, 9.17) is 15.2 Å². The van der Waals surface area contributed by atoms with Crippen molar-refractivity contribution in [2.24, 2.45) is 5.73 Å². The van der Waals surface area contributed by atoms with Crippen molar-refractivity contribution in [1.29, 1.82) is 0 Å². The van der Waals surface area contributed by atoms with E-state index in [0.717, 1.165) is 43.8 Å². The number of ether oxygens (including phenoxy) is 2. The molecule has 0 fully saturated rings. The molecule has 0 aliphatic heterocycles. The summed E-state index contributed by atoms with van der Waals surface area (Å²) in [6, 6.07) is 6.15. The Labute approximate surface area is 110 Å². The van der Waals surface area contributed by atoms with E-state index in [0.29, 0.717) is 0 Å². The molecule has 1 aromatic rings. The maximum Gasteiger partial charge on any atom is 0.126 e. The van der Waals surface area contributed by atoms with E-state index in [9.17, 15) is 0 Å². The molecule has 0 heterocycles. The van der Waals surface area contributed by atoms with Crippen molar-refractivity contribution in [3.8, 4) is 11.5 Å². The van der Waals surface area contributed by atoms with Gasteiger partial charge in [-0.1, -0.05) is 26.3 Å². The van der Waals surface area contributed by atoms with Crippen LogP contribution in [0.4, 0.5) is 0 Å². The molecule has 0 aromatic heterocycles. The highest BCUT2D eigenvalue weighted by atomic mass is 16.5. The molecule has 1 rings (SSSR count). The first-order valence-electron chi connectivity index (χ1n) is 6.76. The molecule has 18 heavy (non-hydrogen) atoms. The number of rotatable bonds is 8. The Bertz CT molecular complexity index is 352. The molecule has 0 aliphatic rings. The molecule has 0 spiro atoms. The van der Waals surface area contributed by atoms with Crippen molar-refractivity contribution < 1.29 is 9.47 Å². The van der Waals surface area contributed by atoms with E-state index in [1.165, 1.54) is 5.56 Å². The minimum absolute atomic E-state index is 0.187. The molecule has 0 amide bonds. The van der Waals surface area contributed by atoms with Gasteiger partial charge in [0.25, 0.3) is 0 Å². The summed E-state index contributed by atoms with van der Waals surface area (Å²) in [5.74, 6) is 1.74. The second-order valence-corrected chi connectivity index (χ2v) is 4.55. The van der Waals surface area contributed by atoms with Crippen LogP contribution in [-0.2, 0) is 6.42 Å². The fourth-order valence-electron chi connectivity index (χ4n) is 1.72. The van der Waals surface area contributed by atoms with Gasteiger partial charge in [-0.05, 0) is 30.9 Å². The number of nitrogens with two attached hydrogens (primary N) is 1. The smallest absolute Gasteiger partial charge is 0.126 e. The predicted molar refractivity (Wildman–Crippen MR) is 75.4 cm³/mol. The summed E-state index contributed by atoms with van der Waals surface area (Å²) in [5.41, 5.74) is 7.18. The van der Waals surface area contributed by atoms with Gasteiger partial charge in [0.1, 0.15) is 11.5 Å². The third kappa shape index (κ3) is 4.57. The zero-order valence-electron chi connectivity index (χ0n) is 11.7. The Balaban J connectivity index is 2.79. The minimum atomic E-state index is 0.187. The summed E-state index contributed by atoms with van der Waals surface area (Å²) in [7, 11) is 1.67. The SMILES string of the molecule is CCCCOc1cc(OC)ccc1CC(N)CC. The molecule has 102 valence electrons. The van der Waals surface area contributed by atoms with E-state index in [2.05, 4.69) is 19.9 Å². The van der Waals surface area contributed by atoms with Crippen molar-refractivity contribution in [1.82, 2.24) is 0 Å². The Morgan fingerprint density at radius 3 is 2.67 bits per heavy atom. The van der Waals surface area contributed by atoms with E-state index in [1.807, 2.05) is 12.1 Å². The van der Waals surface area contributed by atoms with Crippen LogP contribution in [0.1, 0.15) is 38.7 Å². The number of unbranched alkanes of at least 4 members (excludes halogenated alkanes) is 1. The van der Waals surface area contributed by atoms with Crippen molar-refractivity contribution in [2.75, 3.05) is 13.7 Å². The standard InChI is InChI=1S/C15H25NO2/c1-4-6-9-18-15-11-14(17-3)8-7-12(15)10-13(16)5-2/h7-8,11,13H,4-6,9-10,16H2,1-3H3. The van der Waals surface area contributed by atoms with Gasteiger partial charge in [0.2, 0.25) is 0 Å². The molecule has 2 N–H and O–H groups in total. The second kappa shape index (κ2) is 7.98. The Morgan fingerprint density at radius 2 is 2.06 bits per heavy atom. The van der Waals surface area contributed by atoms with Crippen LogP contribution in [0.15, 0.2) is 18.2 Å². The molecule has 0 aliphatic carbocycles. The highest BCUT2D eigenvalue weighted by molar-refractivity contribution is 5.41. The van der Waals surface area contributed by atoms with Crippen molar-refractivity contribution in [3.05, 3.63) is 23.8 Å². The lowest BCUT2D eigenvalue weighted by Crippen LogP contribution is -2.21. The number of benzene rings is 1. The Morgan fingerprint density at radius 1 is 1.28 bits per heavy atom. The molecule has 3 heteroatoms. The van der Waals surface area contributed by atoms with Gasteiger partial charge in [-0.15, -0.1) is 0 Å². The summed E-state index contributed by atoms with van der Waals surface area (Å²) in [6.07, 6.45) is 4.02. The minimum Gasteiger partial charge on any atom is -0.497 e. The lowest BCUT2D eigenvalue weighted by Gasteiger charge is -2.15. The summed E-state index contributed by atoms with van der Waals surface area (Å²) in [6.45, 7) is 5.01. The van der Waals surface area contributed by atoms with E-state index in [1.54, 1.807) is 7.11 Å². The lowest BCUT2D eigenvalue weighted by molar-refractivity contribution is 0.303. The van der Waals surface area contributed by atoms with Gasteiger partial charge >= 0.3 is 0 Å². The molecule has 1 aromatic carbocycles. The predicted octanol–water partition coefficient (Wildman–Crippen LogP) is 3.15. The number of hydrogen-bond acceptors (Lipinski definition) is 3. The first-order chi connectivity index (χ1) is 8.71. The third-order valence-corrected chi connectivity index (χ3v) is 3.04. The normalized spacial score (nSPS) is 12.2. The van der Waals surface area contributed by atoms with Gasteiger partial charge in [0, 0.05) is 12.1 Å². The average Bonchev–Trinajstić information content (AvgIpc) is 2.40. The zero-order valence-corrected chi connectivity index (χ0v) is 11.7. The van der Waals surface area contributed by atoms with Crippen LogP contribution in [0.25, 0.3) is 0 Å². The van der Waals surface area contributed by atoms with Gasteiger partial charge in [-0.2, -0.15) is 0 Å². The Kier molecular flexibility index (Phi) is 6.58. The first-order valence-corrected chi connectivity index (χ1v) is 6.76. The number of methoxy groups -OCH3 is 1. The fourth-order valence-corrected chi connectivity index (χ4v) is 1.72. The molecule has 3 nitrogen and oxygen atoms in total. The highest BCUT2D eigenvalue weighted by Crippen LogP contribution is 2.26. The maximum atomic E-state index is 6.01. The van der Waals surface area contributed by atoms with E-state index < -0.39 is 0 Å². The topological polar surface area (TPSA) is 44.5 Å². The van der Waals surface area contributed by atoms with Gasteiger partial charge in [0.05, 0.1) is 13.7 Å². The largest absolute Gasteiger partial charge is 0.497 e. The van der Waals surface area contributed by atoms with Crippen molar-refractivity contribution in [2.45, 2.75) is 45.6 Å². The maximum absolute atomic E-state index is 6.01. The van der Waals surface area contributed by atoms with Gasteiger partial charge in [-0.25, -0.2) is 0 Å². The molecule has 0 bridgehead atoms. The first kappa shape index (κ1) is 14.8. The lowest BCUT2D eigenvalue weighted by atomic mass is 10.0. The van der Waals surface area contributed by atoms with Crippen molar-refractivity contribution >= 4 is 0 Å². The molecule has 0 saturated heterocycles. The monoisotopic (exact) mass is 251 g/mol. The second-order valence-electron chi connectivity index (χ2n) is 4.55. The summed E-state index contributed by atoms with van der Waals surface area (Å²) in [5, 5.41) is 0. The quantitative estimate of drug-likeness (QED) is 0.722.